The summed E-state index contributed by atoms with van der Waals surface area (Å²) >= 11 is -2.69. The molecule has 0 saturated heterocycles. The first-order chi connectivity index (χ1) is 22.8. The standard InChI is InChI=1S/2C21H16P.CH2.Zr/c2*1-3-10-18(11-4-1)22(19-12-5-2-6-13-19)21-16-15-17-9-7-8-14-20(17)21;;/h2*1-15,21H;1H2;. The van der Waals surface area contributed by atoms with Crippen molar-refractivity contribution in [1.29, 1.82) is 0 Å². The predicted molar refractivity (Wildman–Crippen MR) is 200 cm³/mol. The Bertz CT molecular complexity index is 1840. The Morgan fingerprint density at radius 1 is 0.370 bits per heavy atom. The zero-order valence-corrected chi connectivity index (χ0v) is 29.8. The molecular formula is C43H34P2Zr. The molecule has 0 aromatic heterocycles. The van der Waals surface area contributed by atoms with Crippen LogP contribution in [0.25, 0.3) is 12.2 Å². The maximum absolute atomic E-state index is 5.29. The minimum absolute atomic E-state index is 0.327. The fourth-order valence-corrected chi connectivity index (χ4v) is 21.2. The third-order valence-electron chi connectivity index (χ3n) is 9.14. The zero-order valence-electron chi connectivity index (χ0n) is 25.6. The summed E-state index contributed by atoms with van der Waals surface area (Å²) in [5.74, 6) is 0. The molecule has 0 fully saturated rings. The van der Waals surface area contributed by atoms with Crippen molar-refractivity contribution in [2.75, 3.05) is 0 Å². The van der Waals surface area contributed by atoms with Crippen molar-refractivity contribution in [3.05, 3.63) is 199 Å². The van der Waals surface area contributed by atoms with E-state index in [0.717, 1.165) is 0 Å². The summed E-state index contributed by atoms with van der Waals surface area (Å²) in [5.41, 5.74) is 6.35. The SMILES string of the molecule is [CH2]=[Zr]([C]1=Cc2ccccc2C1P(c1ccccc1)c1ccccc1)[C]1=Cc2ccccc2C1P(c1ccccc1)c1ccccc1. The maximum atomic E-state index is 5.29. The molecule has 46 heavy (non-hydrogen) atoms. The molecule has 0 radical (unpaired) electrons. The number of hydrogen-bond acceptors (Lipinski definition) is 0. The Labute approximate surface area is 282 Å². The van der Waals surface area contributed by atoms with Crippen LogP contribution in [0.5, 0.6) is 0 Å². The average molecular weight is 704 g/mol. The van der Waals surface area contributed by atoms with Crippen molar-refractivity contribution in [2.45, 2.75) is 11.3 Å². The van der Waals surface area contributed by atoms with Crippen LogP contribution in [0.3, 0.4) is 0 Å². The quantitative estimate of drug-likeness (QED) is 0.139. The fraction of sp³-hybridized carbons (Fsp3) is 0.0465. The molecule has 2 aliphatic carbocycles. The second-order valence-electron chi connectivity index (χ2n) is 11.8. The summed E-state index contributed by atoms with van der Waals surface area (Å²) < 4.78 is 8.54. The van der Waals surface area contributed by atoms with Crippen LogP contribution in [0.1, 0.15) is 33.6 Å². The molecule has 2 unspecified atom stereocenters. The molecule has 0 saturated carbocycles. The van der Waals surface area contributed by atoms with Gasteiger partial charge >= 0.3 is 285 Å². The van der Waals surface area contributed by atoms with Crippen LogP contribution < -0.4 is 21.2 Å². The molecular weight excluding hydrogens is 670 g/mol. The van der Waals surface area contributed by atoms with Crippen molar-refractivity contribution in [2.24, 2.45) is 0 Å². The molecule has 2 atom stereocenters. The third kappa shape index (κ3) is 5.54. The zero-order chi connectivity index (χ0) is 30.9. The van der Waals surface area contributed by atoms with E-state index in [1.165, 1.54) is 43.5 Å². The molecule has 6 aromatic rings. The van der Waals surface area contributed by atoms with Gasteiger partial charge in [-0.05, 0) is 0 Å². The normalized spacial score (nSPS) is 16.6. The Hall–Kier alpha value is -3.59. The second-order valence-corrected chi connectivity index (χ2v) is 21.6. The Morgan fingerprint density at radius 3 is 0.978 bits per heavy atom. The van der Waals surface area contributed by atoms with Crippen LogP contribution in [-0.4, -0.2) is 4.21 Å². The number of hydrogen-bond donors (Lipinski definition) is 0. The van der Waals surface area contributed by atoms with E-state index in [4.69, 9.17) is 4.21 Å². The summed E-state index contributed by atoms with van der Waals surface area (Å²) in [6.07, 6.45) is 5.13. The van der Waals surface area contributed by atoms with E-state index in [2.05, 4.69) is 182 Å². The number of benzene rings is 6. The molecule has 0 N–H and O–H groups in total. The van der Waals surface area contributed by atoms with Gasteiger partial charge in [-0.15, -0.1) is 0 Å². The first-order valence-corrected chi connectivity index (χ1v) is 22.9. The van der Waals surface area contributed by atoms with Crippen LogP contribution >= 0.6 is 15.8 Å². The van der Waals surface area contributed by atoms with Gasteiger partial charge in [0.2, 0.25) is 0 Å². The van der Waals surface area contributed by atoms with Gasteiger partial charge in [-0.3, -0.25) is 0 Å². The van der Waals surface area contributed by atoms with Gasteiger partial charge in [0.1, 0.15) is 0 Å². The second kappa shape index (κ2) is 13.3. The molecule has 2 aliphatic rings. The summed E-state index contributed by atoms with van der Waals surface area (Å²) in [7, 11) is -1.36. The number of fused-ring (bicyclic) bond motifs is 2. The van der Waals surface area contributed by atoms with Gasteiger partial charge in [0.15, 0.2) is 0 Å². The third-order valence-corrected chi connectivity index (χ3v) is 21.5. The summed E-state index contributed by atoms with van der Waals surface area (Å²) in [6, 6.07) is 63.3. The van der Waals surface area contributed by atoms with Crippen LogP contribution in [0.4, 0.5) is 0 Å². The van der Waals surface area contributed by atoms with E-state index in [1.54, 1.807) is 6.56 Å². The monoisotopic (exact) mass is 702 g/mol. The predicted octanol–water partition coefficient (Wildman–Crippen LogP) is 9.49. The van der Waals surface area contributed by atoms with E-state index in [9.17, 15) is 0 Å². The van der Waals surface area contributed by atoms with E-state index in [-0.39, 0.29) is 0 Å². The van der Waals surface area contributed by atoms with E-state index >= 15 is 0 Å². The van der Waals surface area contributed by atoms with Crippen molar-refractivity contribution in [1.82, 2.24) is 0 Å². The number of rotatable bonds is 8. The Morgan fingerprint density at radius 2 is 0.652 bits per heavy atom. The van der Waals surface area contributed by atoms with Crippen molar-refractivity contribution < 1.29 is 21.3 Å². The molecule has 220 valence electrons. The summed E-state index contributed by atoms with van der Waals surface area (Å²) in [6.45, 7) is 0. The van der Waals surface area contributed by atoms with Gasteiger partial charge in [-0.2, -0.15) is 0 Å². The molecule has 0 aliphatic heterocycles. The average Bonchev–Trinajstić information content (AvgIpc) is 3.70. The van der Waals surface area contributed by atoms with Crippen molar-refractivity contribution in [3.8, 4) is 0 Å². The molecule has 0 spiro atoms. The summed E-state index contributed by atoms with van der Waals surface area (Å²) in [5, 5.41) is 5.74. The van der Waals surface area contributed by atoms with Crippen molar-refractivity contribution >= 4 is 53.4 Å². The topological polar surface area (TPSA) is 0 Å². The van der Waals surface area contributed by atoms with Gasteiger partial charge in [-0.25, -0.2) is 0 Å². The van der Waals surface area contributed by atoms with Crippen LogP contribution in [-0.2, 0) is 21.3 Å². The molecule has 0 heterocycles. The van der Waals surface area contributed by atoms with Crippen LogP contribution in [0.15, 0.2) is 176 Å². The van der Waals surface area contributed by atoms with Crippen molar-refractivity contribution in [3.63, 3.8) is 0 Å². The van der Waals surface area contributed by atoms with Gasteiger partial charge in [0, 0.05) is 0 Å². The fourth-order valence-electron chi connectivity index (χ4n) is 7.09. The Kier molecular flexibility index (Phi) is 8.59. The summed E-state index contributed by atoms with van der Waals surface area (Å²) in [4.78, 5) is 0. The van der Waals surface area contributed by atoms with E-state index in [0.29, 0.717) is 11.3 Å². The van der Waals surface area contributed by atoms with Gasteiger partial charge in [0.05, 0.1) is 0 Å². The van der Waals surface area contributed by atoms with Gasteiger partial charge < -0.3 is 0 Å². The first kappa shape index (κ1) is 29.8. The molecule has 8 rings (SSSR count). The Balaban J connectivity index is 1.30. The molecule has 6 aromatic carbocycles. The number of allylic oxidation sites excluding steroid dienone is 2. The van der Waals surface area contributed by atoms with Crippen LogP contribution in [0, 0.1) is 0 Å². The van der Waals surface area contributed by atoms with Gasteiger partial charge in [0.25, 0.3) is 0 Å². The molecule has 3 heteroatoms. The van der Waals surface area contributed by atoms with E-state index < -0.39 is 37.1 Å². The minimum atomic E-state index is -2.69. The van der Waals surface area contributed by atoms with Crippen LogP contribution in [0.2, 0.25) is 0 Å². The first-order valence-electron chi connectivity index (χ1n) is 15.9. The van der Waals surface area contributed by atoms with E-state index in [1.807, 2.05) is 0 Å². The van der Waals surface area contributed by atoms with Gasteiger partial charge in [-0.1, -0.05) is 0 Å². The molecule has 0 amide bonds. The molecule has 0 bridgehead atoms. The molecule has 0 nitrogen and oxygen atoms in total.